The molecule has 4 aliphatic carbocycles. The molecule has 0 radical (unpaired) electrons. The molecule has 4 rings (SSSR count). The predicted molar refractivity (Wildman–Crippen MR) is 92.3 cm³/mol. The summed E-state index contributed by atoms with van der Waals surface area (Å²) in [6.07, 6.45) is 13.3. The van der Waals surface area contributed by atoms with Crippen LogP contribution in [0.1, 0.15) is 58.8 Å². The van der Waals surface area contributed by atoms with Gasteiger partial charge in [-0.15, -0.1) is 0 Å². The molecule has 0 heterocycles. The molecule has 2 saturated carbocycles. The van der Waals surface area contributed by atoms with Crippen LogP contribution in [0.5, 0.6) is 0 Å². The van der Waals surface area contributed by atoms with Crippen molar-refractivity contribution in [1.29, 1.82) is 0 Å². The summed E-state index contributed by atoms with van der Waals surface area (Å²) in [4.78, 5) is 0. The van der Waals surface area contributed by atoms with Crippen LogP contribution in [0.4, 0.5) is 0 Å². The van der Waals surface area contributed by atoms with Crippen LogP contribution in [0.15, 0.2) is 16.8 Å². The first-order chi connectivity index (χ1) is 10.1. The van der Waals surface area contributed by atoms with Gasteiger partial charge >= 0.3 is 0 Å². The molecule has 0 unspecified atom stereocenters. The van der Waals surface area contributed by atoms with Gasteiger partial charge in [0.15, 0.2) is 5.11 Å². The number of allylic oxidation sites excluding steroid dienone is 2. The Morgan fingerprint density at radius 2 is 2.10 bits per heavy atom. The van der Waals surface area contributed by atoms with Crippen molar-refractivity contribution in [3.8, 4) is 0 Å². The molecule has 116 valence electrons. The minimum atomic E-state index is 0.455. The molecule has 0 spiro atoms. The van der Waals surface area contributed by atoms with Crippen molar-refractivity contribution in [2.24, 2.45) is 22.4 Å². The van der Waals surface area contributed by atoms with Crippen LogP contribution in [-0.2, 0) is 0 Å². The van der Waals surface area contributed by atoms with Gasteiger partial charge in [-0.05, 0) is 60.7 Å². The zero-order valence-electron chi connectivity index (χ0n) is 13.2. The van der Waals surface area contributed by atoms with Gasteiger partial charge in [0.2, 0.25) is 0 Å². The Morgan fingerprint density at radius 1 is 1.33 bits per heavy atom. The normalized spacial score (nSPS) is 31.4. The molecule has 0 amide bonds. The van der Waals surface area contributed by atoms with E-state index in [1.165, 1.54) is 50.5 Å². The third-order valence-corrected chi connectivity index (χ3v) is 6.04. The van der Waals surface area contributed by atoms with Crippen LogP contribution in [0, 0.1) is 17.3 Å². The molecule has 4 aliphatic rings. The number of nitrogens with one attached hydrogen (secondary N) is 2. The Balaban J connectivity index is 1.46. The van der Waals surface area contributed by atoms with E-state index >= 15 is 0 Å². The predicted octanol–water partition coefficient (Wildman–Crippen LogP) is 3.76. The Morgan fingerprint density at radius 3 is 2.76 bits per heavy atom. The zero-order chi connectivity index (χ0) is 14.9. The number of hydrogen-bond acceptors (Lipinski definition) is 2. The second-order valence-corrected chi connectivity index (χ2v) is 7.83. The lowest BCUT2D eigenvalue weighted by molar-refractivity contribution is -0.00126. The van der Waals surface area contributed by atoms with Crippen LogP contribution in [0.2, 0.25) is 0 Å². The third-order valence-electron chi connectivity index (χ3n) is 5.83. The molecule has 2 bridgehead atoms. The minimum Gasteiger partial charge on any atom is -0.359 e. The molecular formula is C17H27N3S. The summed E-state index contributed by atoms with van der Waals surface area (Å²) in [5.41, 5.74) is 4.83. The smallest absolute Gasteiger partial charge is 0.187 e. The van der Waals surface area contributed by atoms with Crippen LogP contribution < -0.4 is 10.7 Å². The van der Waals surface area contributed by atoms with Gasteiger partial charge in [-0.1, -0.05) is 39.2 Å². The van der Waals surface area contributed by atoms with Gasteiger partial charge < -0.3 is 5.32 Å². The first kappa shape index (κ1) is 15.0. The molecular weight excluding hydrogens is 278 g/mol. The SMILES string of the molecule is CC1(C)[C@H]2CC=C(/C=N\NC(=S)NC3CCCCC3)[C@@H]1C2. The van der Waals surface area contributed by atoms with Crippen molar-refractivity contribution in [3.05, 3.63) is 11.6 Å². The molecule has 0 aliphatic heterocycles. The lowest BCUT2D eigenvalue weighted by Crippen LogP contribution is -2.48. The maximum Gasteiger partial charge on any atom is 0.187 e. The summed E-state index contributed by atoms with van der Waals surface area (Å²) in [7, 11) is 0. The largest absolute Gasteiger partial charge is 0.359 e. The van der Waals surface area contributed by atoms with Gasteiger partial charge in [0, 0.05) is 6.04 Å². The van der Waals surface area contributed by atoms with Crippen LogP contribution in [-0.4, -0.2) is 17.4 Å². The fraction of sp³-hybridized carbons (Fsp3) is 0.765. The first-order valence-electron chi connectivity index (χ1n) is 8.37. The topological polar surface area (TPSA) is 36.4 Å². The maximum atomic E-state index is 5.33. The van der Waals surface area contributed by atoms with Gasteiger partial charge in [0.25, 0.3) is 0 Å². The molecule has 2 fully saturated rings. The fourth-order valence-electron chi connectivity index (χ4n) is 4.17. The highest BCUT2D eigenvalue weighted by Gasteiger charge is 2.50. The lowest BCUT2D eigenvalue weighted by atomic mass is 9.49. The monoisotopic (exact) mass is 305 g/mol. The molecule has 2 N–H and O–H groups in total. The maximum absolute atomic E-state index is 5.33. The van der Waals surface area contributed by atoms with Crippen LogP contribution >= 0.6 is 12.2 Å². The Hall–Kier alpha value is -0.900. The summed E-state index contributed by atoms with van der Waals surface area (Å²) in [6, 6.07) is 0.536. The van der Waals surface area contributed by atoms with Gasteiger partial charge in [0.1, 0.15) is 0 Å². The summed E-state index contributed by atoms with van der Waals surface area (Å²) in [5, 5.41) is 8.40. The van der Waals surface area contributed by atoms with E-state index < -0.39 is 0 Å². The van der Waals surface area contributed by atoms with Gasteiger partial charge in [-0.2, -0.15) is 5.10 Å². The van der Waals surface area contributed by atoms with Crippen molar-refractivity contribution in [1.82, 2.24) is 10.7 Å². The highest BCUT2D eigenvalue weighted by atomic mass is 32.1. The molecule has 0 aromatic carbocycles. The van der Waals surface area contributed by atoms with E-state index in [0.717, 1.165) is 5.92 Å². The summed E-state index contributed by atoms with van der Waals surface area (Å²) in [6.45, 7) is 4.77. The van der Waals surface area contributed by atoms with Crippen molar-refractivity contribution >= 4 is 23.5 Å². The van der Waals surface area contributed by atoms with Crippen molar-refractivity contribution in [2.75, 3.05) is 0 Å². The standard InChI is InChI=1S/C17H27N3S/c1-17(2)13-9-8-12(15(17)10-13)11-18-20-16(21)19-14-6-4-3-5-7-14/h8,11,13-15H,3-7,9-10H2,1-2H3,(H2,19,20,21)/b18-11-/t13-,15-/m0/s1. The number of hydrogen-bond donors (Lipinski definition) is 2. The quantitative estimate of drug-likeness (QED) is 0.473. The summed E-state index contributed by atoms with van der Waals surface area (Å²) in [5.74, 6) is 1.56. The minimum absolute atomic E-state index is 0.455. The molecule has 0 saturated heterocycles. The Kier molecular flexibility index (Phi) is 4.34. The molecule has 3 nitrogen and oxygen atoms in total. The van der Waals surface area contributed by atoms with Crippen LogP contribution in [0.25, 0.3) is 0 Å². The van der Waals surface area contributed by atoms with E-state index in [9.17, 15) is 0 Å². The molecule has 0 aromatic heterocycles. The molecule has 4 heteroatoms. The first-order valence-corrected chi connectivity index (χ1v) is 8.78. The number of rotatable bonds is 3. The average molecular weight is 305 g/mol. The average Bonchev–Trinajstić information content (AvgIpc) is 2.48. The second kappa shape index (κ2) is 6.07. The molecule has 21 heavy (non-hydrogen) atoms. The zero-order valence-corrected chi connectivity index (χ0v) is 14.0. The van der Waals surface area contributed by atoms with Crippen LogP contribution in [0.3, 0.4) is 0 Å². The lowest BCUT2D eigenvalue weighted by Gasteiger charge is -2.55. The fourth-order valence-corrected chi connectivity index (χ4v) is 4.39. The van der Waals surface area contributed by atoms with E-state index in [2.05, 4.69) is 35.8 Å². The van der Waals surface area contributed by atoms with Gasteiger partial charge in [0.05, 0.1) is 6.21 Å². The van der Waals surface area contributed by atoms with E-state index in [-0.39, 0.29) is 0 Å². The Labute approximate surface area is 133 Å². The second-order valence-electron chi connectivity index (χ2n) is 7.42. The van der Waals surface area contributed by atoms with E-state index in [4.69, 9.17) is 12.2 Å². The molecule has 0 aromatic rings. The van der Waals surface area contributed by atoms with E-state index in [0.29, 0.717) is 22.5 Å². The van der Waals surface area contributed by atoms with E-state index in [1.807, 2.05) is 6.21 Å². The van der Waals surface area contributed by atoms with Crippen molar-refractivity contribution in [3.63, 3.8) is 0 Å². The number of nitrogens with zero attached hydrogens (tertiary/aromatic N) is 1. The Bertz CT molecular complexity index is 461. The summed E-state index contributed by atoms with van der Waals surface area (Å²) >= 11 is 5.33. The highest BCUT2D eigenvalue weighted by Crippen LogP contribution is 2.58. The number of thiocarbonyl (C=S) groups is 1. The van der Waals surface area contributed by atoms with Crippen molar-refractivity contribution in [2.45, 2.75) is 64.8 Å². The number of fused-ring (bicyclic) bond motifs is 1. The number of hydrazone groups is 1. The van der Waals surface area contributed by atoms with Gasteiger partial charge in [-0.3, -0.25) is 5.43 Å². The van der Waals surface area contributed by atoms with Gasteiger partial charge in [-0.25, -0.2) is 0 Å². The third kappa shape index (κ3) is 3.15. The summed E-state index contributed by atoms with van der Waals surface area (Å²) < 4.78 is 0. The van der Waals surface area contributed by atoms with E-state index in [1.54, 1.807) is 0 Å². The highest BCUT2D eigenvalue weighted by molar-refractivity contribution is 7.80. The molecule has 2 atom stereocenters. The van der Waals surface area contributed by atoms with Crippen molar-refractivity contribution < 1.29 is 0 Å².